The van der Waals surface area contributed by atoms with E-state index in [1.165, 1.54) is 6.92 Å². The molecule has 4 atom stereocenters. The summed E-state index contributed by atoms with van der Waals surface area (Å²) in [5.74, 6) is -4.31. The van der Waals surface area contributed by atoms with Crippen LogP contribution in [0.1, 0.15) is 33.6 Å². The standard InChI is InChI=1S/C16H29N5O6S/c1-7(2)4-11(16(26)27)21-15(25)10(5-12(18)22)20-13(23)8(3)19-14(24)9(17)6-28/h7-11,28H,4-6,17H2,1-3H3,(H2,18,22)(H,19,24)(H,20,23)(H,21,25)(H,26,27). The number of carbonyl (C=O) groups excluding carboxylic acids is 4. The molecule has 0 spiro atoms. The number of rotatable bonds is 12. The monoisotopic (exact) mass is 419 g/mol. The summed E-state index contributed by atoms with van der Waals surface area (Å²) < 4.78 is 0. The van der Waals surface area contributed by atoms with Gasteiger partial charge in [-0.25, -0.2) is 4.79 Å². The molecule has 0 aromatic rings. The third-order valence-electron chi connectivity index (χ3n) is 3.65. The van der Waals surface area contributed by atoms with Gasteiger partial charge in [0, 0.05) is 5.75 Å². The number of thiol groups is 1. The largest absolute Gasteiger partial charge is 0.480 e. The second-order valence-corrected chi connectivity index (χ2v) is 7.15. The van der Waals surface area contributed by atoms with E-state index in [1.807, 2.05) is 0 Å². The summed E-state index contributed by atoms with van der Waals surface area (Å²) in [6.07, 6.45) is -0.380. The van der Waals surface area contributed by atoms with Gasteiger partial charge in [0.15, 0.2) is 0 Å². The maximum Gasteiger partial charge on any atom is 0.326 e. The Hall–Kier alpha value is -2.34. The minimum Gasteiger partial charge on any atom is -0.480 e. The van der Waals surface area contributed by atoms with Crippen molar-refractivity contribution in [3.05, 3.63) is 0 Å². The fourth-order valence-electron chi connectivity index (χ4n) is 2.14. The van der Waals surface area contributed by atoms with Crippen molar-refractivity contribution in [1.29, 1.82) is 0 Å². The number of carboxylic acid groups (broad SMARTS) is 1. The van der Waals surface area contributed by atoms with E-state index in [4.69, 9.17) is 11.5 Å². The molecule has 0 rings (SSSR count). The Labute approximate surface area is 168 Å². The van der Waals surface area contributed by atoms with Crippen LogP contribution in [0.25, 0.3) is 0 Å². The van der Waals surface area contributed by atoms with Gasteiger partial charge in [0.1, 0.15) is 18.1 Å². The number of hydrogen-bond donors (Lipinski definition) is 7. The minimum absolute atomic E-state index is 0.0168. The summed E-state index contributed by atoms with van der Waals surface area (Å²) in [6.45, 7) is 4.92. The predicted octanol–water partition coefficient (Wildman–Crippen LogP) is -2.28. The van der Waals surface area contributed by atoms with Crippen molar-refractivity contribution < 1.29 is 29.1 Å². The van der Waals surface area contributed by atoms with Crippen LogP contribution < -0.4 is 27.4 Å². The maximum atomic E-state index is 12.4. The van der Waals surface area contributed by atoms with E-state index in [0.29, 0.717) is 0 Å². The number of amides is 4. The first-order valence-corrected chi connectivity index (χ1v) is 9.30. The molecular formula is C16H29N5O6S. The summed E-state index contributed by atoms with van der Waals surface area (Å²) in [4.78, 5) is 58.9. The lowest BCUT2D eigenvalue weighted by atomic mass is 10.0. The van der Waals surface area contributed by atoms with Gasteiger partial charge in [-0.2, -0.15) is 12.6 Å². The van der Waals surface area contributed by atoms with Gasteiger partial charge in [-0.3, -0.25) is 19.2 Å². The highest BCUT2D eigenvalue weighted by Gasteiger charge is 2.30. The molecule has 160 valence electrons. The lowest BCUT2D eigenvalue weighted by Crippen LogP contribution is -2.57. The molecule has 4 unspecified atom stereocenters. The molecule has 4 amide bonds. The summed E-state index contributed by atoms with van der Waals surface area (Å²) in [5.41, 5.74) is 10.6. The van der Waals surface area contributed by atoms with E-state index in [9.17, 15) is 29.1 Å². The van der Waals surface area contributed by atoms with Gasteiger partial charge in [0.25, 0.3) is 0 Å². The van der Waals surface area contributed by atoms with Crippen molar-refractivity contribution >= 4 is 42.2 Å². The lowest BCUT2D eigenvalue weighted by molar-refractivity contribution is -0.143. The van der Waals surface area contributed by atoms with Crippen molar-refractivity contribution in [2.45, 2.75) is 57.8 Å². The molecule has 0 aliphatic heterocycles. The van der Waals surface area contributed by atoms with Crippen LogP contribution in [0.2, 0.25) is 0 Å². The number of nitrogens with two attached hydrogens (primary N) is 2. The molecule has 0 saturated carbocycles. The third kappa shape index (κ3) is 9.55. The Morgan fingerprint density at radius 3 is 1.89 bits per heavy atom. The molecule has 28 heavy (non-hydrogen) atoms. The number of hydrogen-bond acceptors (Lipinski definition) is 7. The van der Waals surface area contributed by atoms with Crippen LogP contribution in [0.3, 0.4) is 0 Å². The SMILES string of the molecule is CC(C)CC(NC(=O)C(CC(N)=O)NC(=O)C(C)NC(=O)C(N)CS)C(=O)O. The molecule has 0 aromatic carbocycles. The van der Waals surface area contributed by atoms with Crippen LogP contribution in [0.4, 0.5) is 0 Å². The molecule has 8 N–H and O–H groups in total. The second-order valence-electron chi connectivity index (χ2n) is 6.78. The quantitative estimate of drug-likeness (QED) is 0.173. The van der Waals surface area contributed by atoms with E-state index in [-0.39, 0.29) is 18.1 Å². The molecule has 0 saturated heterocycles. The zero-order valence-electron chi connectivity index (χ0n) is 16.1. The van der Waals surface area contributed by atoms with Crippen molar-refractivity contribution in [3.63, 3.8) is 0 Å². The van der Waals surface area contributed by atoms with Crippen LogP contribution in [0.5, 0.6) is 0 Å². The first-order valence-electron chi connectivity index (χ1n) is 8.67. The molecule has 12 heteroatoms. The Balaban J connectivity index is 5.12. The van der Waals surface area contributed by atoms with E-state index in [1.54, 1.807) is 13.8 Å². The number of primary amides is 1. The van der Waals surface area contributed by atoms with Crippen molar-refractivity contribution in [2.75, 3.05) is 5.75 Å². The van der Waals surface area contributed by atoms with Gasteiger partial charge in [0.2, 0.25) is 23.6 Å². The Bertz CT molecular complexity index is 600. The first-order chi connectivity index (χ1) is 12.9. The molecule has 0 aromatic heterocycles. The van der Waals surface area contributed by atoms with Crippen molar-refractivity contribution in [3.8, 4) is 0 Å². The van der Waals surface area contributed by atoms with Crippen LogP contribution in [0, 0.1) is 5.92 Å². The summed E-state index contributed by atoms with van der Waals surface area (Å²) in [7, 11) is 0. The Kier molecular flexibility index (Phi) is 11.2. The molecule has 11 nitrogen and oxygen atoms in total. The number of carbonyl (C=O) groups is 5. The topological polar surface area (TPSA) is 194 Å². The van der Waals surface area contributed by atoms with Crippen LogP contribution in [0.15, 0.2) is 0 Å². The Morgan fingerprint density at radius 2 is 1.46 bits per heavy atom. The highest BCUT2D eigenvalue weighted by atomic mass is 32.1. The van der Waals surface area contributed by atoms with Crippen LogP contribution in [-0.2, 0) is 24.0 Å². The van der Waals surface area contributed by atoms with Gasteiger partial charge in [-0.1, -0.05) is 13.8 Å². The highest BCUT2D eigenvalue weighted by molar-refractivity contribution is 7.80. The molecule has 0 heterocycles. The van der Waals surface area contributed by atoms with E-state index in [2.05, 4.69) is 28.6 Å². The highest BCUT2D eigenvalue weighted by Crippen LogP contribution is 2.06. The van der Waals surface area contributed by atoms with Gasteiger partial charge < -0.3 is 32.5 Å². The summed E-state index contributed by atoms with van der Waals surface area (Å²) in [5, 5.41) is 16.1. The average molecular weight is 420 g/mol. The van der Waals surface area contributed by atoms with E-state index in [0.717, 1.165) is 0 Å². The van der Waals surface area contributed by atoms with Crippen molar-refractivity contribution in [2.24, 2.45) is 17.4 Å². The summed E-state index contributed by atoms with van der Waals surface area (Å²) >= 11 is 3.88. The van der Waals surface area contributed by atoms with Crippen LogP contribution in [-0.4, -0.2) is 64.6 Å². The van der Waals surface area contributed by atoms with Gasteiger partial charge in [-0.05, 0) is 19.3 Å². The fraction of sp³-hybridized carbons (Fsp3) is 0.688. The number of carboxylic acids is 1. The van der Waals surface area contributed by atoms with Crippen LogP contribution >= 0.6 is 12.6 Å². The molecule has 0 aliphatic rings. The zero-order chi connectivity index (χ0) is 22.0. The molecule has 0 aliphatic carbocycles. The minimum atomic E-state index is -1.39. The smallest absolute Gasteiger partial charge is 0.326 e. The van der Waals surface area contributed by atoms with E-state index < -0.39 is 60.2 Å². The van der Waals surface area contributed by atoms with Gasteiger partial charge >= 0.3 is 5.97 Å². The number of aliphatic carboxylic acids is 1. The lowest BCUT2D eigenvalue weighted by Gasteiger charge is -2.23. The fourth-order valence-corrected chi connectivity index (χ4v) is 2.31. The Morgan fingerprint density at radius 1 is 0.929 bits per heavy atom. The van der Waals surface area contributed by atoms with Gasteiger partial charge in [-0.15, -0.1) is 0 Å². The summed E-state index contributed by atoms with van der Waals surface area (Å²) in [6, 6.07) is -4.56. The molecule has 0 radical (unpaired) electrons. The maximum absolute atomic E-state index is 12.4. The molecular weight excluding hydrogens is 390 g/mol. The third-order valence-corrected chi connectivity index (χ3v) is 4.04. The predicted molar refractivity (Wildman–Crippen MR) is 104 cm³/mol. The average Bonchev–Trinajstić information content (AvgIpc) is 2.58. The second kappa shape index (κ2) is 12.2. The normalized spacial score (nSPS) is 15.1. The first kappa shape index (κ1) is 25.7. The van der Waals surface area contributed by atoms with Crippen molar-refractivity contribution in [1.82, 2.24) is 16.0 Å². The number of nitrogens with one attached hydrogen (secondary N) is 3. The van der Waals surface area contributed by atoms with E-state index >= 15 is 0 Å². The molecule has 0 bridgehead atoms. The molecule has 0 fully saturated rings. The zero-order valence-corrected chi connectivity index (χ0v) is 17.0. The van der Waals surface area contributed by atoms with Gasteiger partial charge in [0.05, 0.1) is 12.5 Å².